The third kappa shape index (κ3) is 2.48. The first-order chi connectivity index (χ1) is 8.22. The molecule has 17 heavy (non-hydrogen) atoms. The van der Waals surface area contributed by atoms with Crippen LogP contribution in [-0.4, -0.2) is 12.2 Å². The Bertz CT molecular complexity index is 494. The van der Waals surface area contributed by atoms with Crippen molar-refractivity contribution >= 4 is 11.4 Å². The second-order valence-corrected chi connectivity index (χ2v) is 4.16. The minimum absolute atomic E-state index is 0.0984. The van der Waals surface area contributed by atoms with Gasteiger partial charge in [-0.05, 0) is 42.3 Å². The molecule has 0 bridgehead atoms. The molecule has 2 heteroatoms. The predicted octanol–water partition coefficient (Wildman–Crippen LogP) is 3.26. The van der Waals surface area contributed by atoms with Crippen LogP contribution in [0.1, 0.15) is 11.1 Å². The van der Waals surface area contributed by atoms with Gasteiger partial charge in [0, 0.05) is 18.4 Å². The lowest BCUT2D eigenvalue weighted by Gasteiger charge is -2.20. The molecule has 0 unspecified atom stereocenters. The van der Waals surface area contributed by atoms with Crippen LogP contribution in [0.25, 0.3) is 0 Å². The number of nitrogens with zero attached hydrogens (tertiary/aromatic N) is 1. The van der Waals surface area contributed by atoms with Crippen molar-refractivity contribution in [1.29, 1.82) is 0 Å². The number of para-hydroxylation sites is 1. The van der Waals surface area contributed by atoms with E-state index < -0.39 is 0 Å². The Morgan fingerprint density at radius 1 is 1.00 bits per heavy atom. The van der Waals surface area contributed by atoms with E-state index in [-0.39, 0.29) is 6.61 Å². The summed E-state index contributed by atoms with van der Waals surface area (Å²) in [4.78, 5) is 2.13. The van der Waals surface area contributed by atoms with Crippen LogP contribution in [0, 0.1) is 6.92 Å². The molecule has 0 fully saturated rings. The number of aliphatic hydroxyl groups is 1. The zero-order valence-electron chi connectivity index (χ0n) is 10.2. The van der Waals surface area contributed by atoms with Crippen LogP contribution in [-0.2, 0) is 6.61 Å². The van der Waals surface area contributed by atoms with E-state index in [1.54, 1.807) is 0 Å². The summed E-state index contributed by atoms with van der Waals surface area (Å²) in [5.74, 6) is 0. The van der Waals surface area contributed by atoms with Crippen LogP contribution in [0.5, 0.6) is 0 Å². The van der Waals surface area contributed by atoms with Crippen LogP contribution in [0.4, 0.5) is 11.4 Å². The van der Waals surface area contributed by atoms with Crippen molar-refractivity contribution in [2.45, 2.75) is 13.5 Å². The maximum atomic E-state index is 9.15. The molecule has 1 N–H and O–H groups in total. The Morgan fingerprint density at radius 2 is 1.71 bits per heavy atom. The van der Waals surface area contributed by atoms with Crippen molar-refractivity contribution < 1.29 is 5.11 Å². The Balaban J connectivity index is 2.32. The molecule has 0 saturated heterocycles. The molecule has 0 heterocycles. The Morgan fingerprint density at radius 3 is 2.29 bits per heavy atom. The Labute approximate surface area is 102 Å². The number of aliphatic hydroxyl groups excluding tert-OH is 1. The summed E-state index contributed by atoms with van der Waals surface area (Å²) in [6, 6.07) is 16.3. The molecule has 0 amide bonds. The molecule has 2 aromatic rings. The fourth-order valence-corrected chi connectivity index (χ4v) is 1.87. The molecular formula is C15H17NO. The smallest absolute Gasteiger partial charge is 0.0684 e. The fraction of sp³-hybridized carbons (Fsp3) is 0.200. The van der Waals surface area contributed by atoms with Crippen LogP contribution < -0.4 is 4.90 Å². The van der Waals surface area contributed by atoms with E-state index in [0.717, 1.165) is 22.5 Å². The summed E-state index contributed by atoms with van der Waals surface area (Å²) in [5, 5.41) is 9.15. The molecule has 2 aromatic carbocycles. The van der Waals surface area contributed by atoms with E-state index in [0.29, 0.717) is 0 Å². The van der Waals surface area contributed by atoms with Gasteiger partial charge in [0.05, 0.1) is 6.61 Å². The van der Waals surface area contributed by atoms with Gasteiger partial charge in [0.1, 0.15) is 0 Å². The molecule has 0 aliphatic heterocycles. The van der Waals surface area contributed by atoms with Gasteiger partial charge in [0.15, 0.2) is 0 Å². The third-order valence-corrected chi connectivity index (χ3v) is 3.03. The predicted molar refractivity (Wildman–Crippen MR) is 71.6 cm³/mol. The van der Waals surface area contributed by atoms with Crippen LogP contribution in [0.3, 0.4) is 0 Å². The molecule has 0 aliphatic rings. The highest BCUT2D eigenvalue weighted by Gasteiger charge is 2.05. The molecule has 2 nitrogen and oxygen atoms in total. The zero-order valence-corrected chi connectivity index (χ0v) is 10.2. The van der Waals surface area contributed by atoms with Gasteiger partial charge in [-0.15, -0.1) is 0 Å². The van der Waals surface area contributed by atoms with E-state index in [4.69, 9.17) is 5.11 Å². The molecule has 0 radical (unpaired) electrons. The molecule has 0 aliphatic carbocycles. The average Bonchev–Trinajstić information content (AvgIpc) is 2.39. The minimum Gasteiger partial charge on any atom is -0.392 e. The van der Waals surface area contributed by atoms with Gasteiger partial charge in [-0.3, -0.25) is 0 Å². The van der Waals surface area contributed by atoms with Crippen LogP contribution in [0.15, 0.2) is 48.5 Å². The SMILES string of the molecule is Cc1cc(N(C)c2ccccc2)ccc1CO. The first-order valence-electron chi connectivity index (χ1n) is 5.71. The zero-order chi connectivity index (χ0) is 12.3. The van der Waals surface area contributed by atoms with Crippen LogP contribution in [0.2, 0.25) is 0 Å². The fourth-order valence-electron chi connectivity index (χ4n) is 1.87. The molecule has 0 aromatic heterocycles. The number of anilines is 2. The Hall–Kier alpha value is -1.80. The van der Waals surface area contributed by atoms with Gasteiger partial charge < -0.3 is 10.0 Å². The lowest BCUT2D eigenvalue weighted by molar-refractivity contribution is 0.281. The van der Waals surface area contributed by atoms with E-state index in [1.165, 1.54) is 0 Å². The normalized spacial score (nSPS) is 10.3. The highest BCUT2D eigenvalue weighted by Crippen LogP contribution is 2.25. The number of hydrogen-bond donors (Lipinski definition) is 1. The van der Waals surface area contributed by atoms with Crippen molar-refractivity contribution in [2.75, 3.05) is 11.9 Å². The summed E-state index contributed by atoms with van der Waals surface area (Å²) in [6.45, 7) is 2.12. The van der Waals surface area contributed by atoms with Gasteiger partial charge in [0.25, 0.3) is 0 Å². The van der Waals surface area contributed by atoms with Gasteiger partial charge in [0.2, 0.25) is 0 Å². The highest BCUT2D eigenvalue weighted by atomic mass is 16.3. The summed E-state index contributed by atoms with van der Waals surface area (Å²) < 4.78 is 0. The van der Waals surface area contributed by atoms with Gasteiger partial charge in [-0.25, -0.2) is 0 Å². The molecule has 88 valence electrons. The highest BCUT2D eigenvalue weighted by molar-refractivity contribution is 5.63. The van der Waals surface area contributed by atoms with E-state index in [9.17, 15) is 0 Å². The number of rotatable bonds is 3. The summed E-state index contributed by atoms with van der Waals surface area (Å²) >= 11 is 0. The molecule has 0 saturated carbocycles. The number of aryl methyl sites for hydroxylation is 1. The maximum absolute atomic E-state index is 9.15. The lowest BCUT2D eigenvalue weighted by atomic mass is 10.1. The van der Waals surface area contributed by atoms with Crippen molar-refractivity contribution in [3.05, 3.63) is 59.7 Å². The topological polar surface area (TPSA) is 23.5 Å². The van der Waals surface area contributed by atoms with Gasteiger partial charge in [-0.1, -0.05) is 24.3 Å². The largest absolute Gasteiger partial charge is 0.392 e. The van der Waals surface area contributed by atoms with E-state index in [2.05, 4.69) is 23.1 Å². The van der Waals surface area contributed by atoms with Crippen molar-refractivity contribution in [3.8, 4) is 0 Å². The summed E-state index contributed by atoms with van der Waals surface area (Å²) in [7, 11) is 2.04. The molecule has 0 atom stereocenters. The van der Waals surface area contributed by atoms with Crippen molar-refractivity contribution in [3.63, 3.8) is 0 Å². The second kappa shape index (κ2) is 5.02. The quantitative estimate of drug-likeness (QED) is 0.870. The number of benzene rings is 2. The minimum atomic E-state index is 0.0984. The summed E-state index contributed by atoms with van der Waals surface area (Å²) in [5.41, 5.74) is 4.39. The van der Waals surface area contributed by atoms with Crippen molar-refractivity contribution in [2.24, 2.45) is 0 Å². The van der Waals surface area contributed by atoms with Crippen molar-refractivity contribution in [1.82, 2.24) is 0 Å². The van der Waals surface area contributed by atoms with E-state index >= 15 is 0 Å². The average molecular weight is 227 g/mol. The number of hydrogen-bond acceptors (Lipinski definition) is 2. The monoisotopic (exact) mass is 227 g/mol. The first-order valence-corrected chi connectivity index (χ1v) is 5.71. The molecular weight excluding hydrogens is 210 g/mol. The maximum Gasteiger partial charge on any atom is 0.0684 e. The standard InChI is InChI=1S/C15H17NO/c1-12-10-15(9-8-13(12)11-17)16(2)14-6-4-3-5-7-14/h3-10,17H,11H2,1-2H3. The summed E-state index contributed by atoms with van der Waals surface area (Å²) in [6.07, 6.45) is 0. The van der Waals surface area contributed by atoms with Gasteiger partial charge >= 0.3 is 0 Å². The molecule has 2 rings (SSSR count). The third-order valence-electron chi connectivity index (χ3n) is 3.03. The molecule has 0 spiro atoms. The first kappa shape index (κ1) is 11.7. The lowest BCUT2D eigenvalue weighted by Crippen LogP contribution is -2.09. The van der Waals surface area contributed by atoms with E-state index in [1.807, 2.05) is 44.3 Å². The Kier molecular flexibility index (Phi) is 3.45. The van der Waals surface area contributed by atoms with Gasteiger partial charge in [-0.2, -0.15) is 0 Å². The van der Waals surface area contributed by atoms with Crippen LogP contribution >= 0.6 is 0 Å². The second-order valence-electron chi connectivity index (χ2n) is 4.16.